The van der Waals surface area contributed by atoms with Crippen LogP contribution in [0.5, 0.6) is 0 Å². The van der Waals surface area contributed by atoms with Gasteiger partial charge >= 0.3 is 0 Å². The van der Waals surface area contributed by atoms with E-state index in [2.05, 4.69) is 35.8 Å². The molecule has 2 aromatic carbocycles. The van der Waals surface area contributed by atoms with Gasteiger partial charge in [-0.05, 0) is 55.7 Å². The zero-order valence-electron chi connectivity index (χ0n) is 17.3. The molecule has 5 aromatic rings. The van der Waals surface area contributed by atoms with E-state index >= 15 is 0 Å². The highest BCUT2D eigenvalue weighted by atomic mass is 19.1. The number of anilines is 3. The van der Waals surface area contributed by atoms with Gasteiger partial charge in [-0.15, -0.1) is 0 Å². The quantitative estimate of drug-likeness (QED) is 0.313. The first-order valence-electron chi connectivity index (χ1n) is 10.1. The van der Waals surface area contributed by atoms with Gasteiger partial charge in [0.15, 0.2) is 0 Å². The van der Waals surface area contributed by atoms with E-state index in [1.807, 2.05) is 44.2 Å². The van der Waals surface area contributed by atoms with Gasteiger partial charge in [-0.25, -0.2) is 14.4 Å². The molecule has 0 unspecified atom stereocenters. The second-order valence-corrected chi connectivity index (χ2v) is 7.61. The molecule has 0 radical (unpaired) electrons. The second-order valence-electron chi connectivity index (χ2n) is 7.61. The number of halogens is 1. The molecule has 0 saturated carbocycles. The number of H-pyrrole nitrogens is 2. The fourth-order valence-electron chi connectivity index (χ4n) is 3.96. The van der Waals surface area contributed by atoms with E-state index in [4.69, 9.17) is 0 Å². The third kappa shape index (κ3) is 3.68. The van der Waals surface area contributed by atoms with Crippen LogP contribution in [0.15, 0.2) is 48.9 Å². The molecule has 31 heavy (non-hydrogen) atoms. The smallest absolute Gasteiger partial charge is 0.147 e. The number of hydrogen-bond donors (Lipinski definition) is 4. The topological polar surface area (TPSA) is 94.3 Å². The maximum atomic E-state index is 14.2. The van der Waals surface area contributed by atoms with Crippen molar-refractivity contribution in [2.45, 2.75) is 20.3 Å². The fourth-order valence-corrected chi connectivity index (χ4v) is 3.96. The Labute approximate surface area is 178 Å². The molecular weight excluding hydrogens is 393 g/mol. The Kier molecular flexibility index (Phi) is 4.74. The van der Waals surface area contributed by atoms with Crippen molar-refractivity contribution in [3.05, 3.63) is 71.6 Å². The van der Waals surface area contributed by atoms with Gasteiger partial charge in [0.1, 0.15) is 23.8 Å². The van der Waals surface area contributed by atoms with Crippen molar-refractivity contribution >= 4 is 39.1 Å². The number of rotatable bonds is 6. The molecule has 3 heterocycles. The lowest BCUT2D eigenvalue weighted by molar-refractivity contribution is 0.637. The van der Waals surface area contributed by atoms with Gasteiger partial charge in [-0.3, -0.25) is 5.10 Å². The minimum atomic E-state index is -0.219. The Bertz CT molecular complexity index is 1390. The molecule has 0 amide bonds. The summed E-state index contributed by atoms with van der Waals surface area (Å²) >= 11 is 0. The summed E-state index contributed by atoms with van der Waals surface area (Å²) in [6, 6.07) is 11.2. The largest absolute Gasteiger partial charge is 0.370 e. The molecule has 0 fully saturated rings. The molecule has 156 valence electrons. The first-order valence-corrected chi connectivity index (χ1v) is 10.1. The van der Waals surface area contributed by atoms with Gasteiger partial charge in [0, 0.05) is 34.8 Å². The van der Waals surface area contributed by atoms with Crippen molar-refractivity contribution in [1.82, 2.24) is 25.1 Å². The zero-order valence-corrected chi connectivity index (χ0v) is 17.3. The van der Waals surface area contributed by atoms with Crippen molar-refractivity contribution in [2.24, 2.45) is 0 Å². The van der Waals surface area contributed by atoms with Gasteiger partial charge in [-0.1, -0.05) is 6.07 Å². The van der Waals surface area contributed by atoms with E-state index < -0.39 is 0 Å². The Morgan fingerprint density at radius 2 is 1.90 bits per heavy atom. The van der Waals surface area contributed by atoms with E-state index in [1.54, 1.807) is 6.20 Å². The maximum Gasteiger partial charge on any atom is 0.147 e. The summed E-state index contributed by atoms with van der Waals surface area (Å²) < 4.78 is 14.2. The average molecular weight is 415 g/mol. The zero-order chi connectivity index (χ0) is 21.4. The minimum Gasteiger partial charge on any atom is -0.370 e. The van der Waals surface area contributed by atoms with E-state index in [0.29, 0.717) is 17.9 Å². The summed E-state index contributed by atoms with van der Waals surface area (Å²) in [5.41, 5.74) is 5.67. The van der Waals surface area contributed by atoms with Crippen molar-refractivity contribution < 1.29 is 4.39 Å². The SMILES string of the molecule is Cc1[nH]c2c(F)ccc(C)c2c1CCNc1cc(Nc2ccc3[nH]ncc3c2)ncn1. The highest BCUT2D eigenvalue weighted by molar-refractivity contribution is 5.88. The molecule has 0 aliphatic rings. The number of benzene rings is 2. The summed E-state index contributed by atoms with van der Waals surface area (Å²) in [5.74, 6) is 1.20. The van der Waals surface area contributed by atoms with Gasteiger partial charge < -0.3 is 15.6 Å². The number of nitrogens with one attached hydrogen (secondary N) is 4. The monoisotopic (exact) mass is 415 g/mol. The Morgan fingerprint density at radius 1 is 1.03 bits per heavy atom. The normalized spacial score (nSPS) is 11.3. The third-order valence-corrected chi connectivity index (χ3v) is 5.49. The van der Waals surface area contributed by atoms with Crippen LogP contribution < -0.4 is 10.6 Å². The van der Waals surface area contributed by atoms with E-state index in [-0.39, 0.29) is 5.82 Å². The number of aromatic amines is 2. The molecule has 0 spiro atoms. The molecule has 0 atom stereocenters. The molecule has 0 aliphatic heterocycles. The highest BCUT2D eigenvalue weighted by Crippen LogP contribution is 2.28. The highest BCUT2D eigenvalue weighted by Gasteiger charge is 2.13. The summed E-state index contributed by atoms with van der Waals surface area (Å²) in [6.07, 6.45) is 4.06. The van der Waals surface area contributed by atoms with E-state index in [1.165, 1.54) is 12.4 Å². The Hall–Kier alpha value is -3.94. The van der Waals surface area contributed by atoms with Gasteiger partial charge in [0.25, 0.3) is 0 Å². The molecular formula is C23H22FN7. The summed E-state index contributed by atoms with van der Waals surface area (Å²) in [5, 5.41) is 15.6. The van der Waals surface area contributed by atoms with Gasteiger partial charge in [-0.2, -0.15) is 5.10 Å². The minimum absolute atomic E-state index is 0.219. The van der Waals surface area contributed by atoms with E-state index in [9.17, 15) is 4.39 Å². The lowest BCUT2D eigenvalue weighted by Crippen LogP contribution is -2.07. The molecule has 4 N–H and O–H groups in total. The van der Waals surface area contributed by atoms with Crippen molar-refractivity contribution in [2.75, 3.05) is 17.2 Å². The second kappa shape index (κ2) is 7.71. The first kappa shape index (κ1) is 19.0. The Morgan fingerprint density at radius 3 is 2.81 bits per heavy atom. The van der Waals surface area contributed by atoms with Crippen LogP contribution in [0.3, 0.4) is 0 Å². The number of aryl methyl sites for hydroxylation is 2. The third-order valence-electron chi connectivity index (χ3n) is 5.49. The molecule has 3 aromatic heterocycles. The van der Waals surface area contributed by atoms with Crippen LogP contribution in [0, 0.1) is 19.7 Å². The standard InChI is InChI=1S/C23H22FN7/c1-13-3-5-18(24)23-22(13)17(14(2)29-23)7-8-25-20-10-21(27-12-26-20)30-16-4-6-19-15(9-16)11-28-31-19/h3-6,9-12,29H,7-8H2,1-2H3,(H,28,31)(H2,25,26,27,30). The van der Waals surface area contributed by atoms with Crippen LogP contribution in [-0.4, -0.2) is 31.7 Å². The number of nitrogens with zero attached hydrogens (tertiary/aromatic N) is 3. The number of hydrogen-bond acceptors (Lipinski definition) is 5. The number of fused-ring (bicyclic) bond motifs is 2. The van der Waals surface area contributed by atoms with Gasteiger partial charge in [0.2, 0.25) is 0 Å². The van der Waals surface area contributed by atoms with Crippen LogP contribution >= 0.6 is 0 Å². The molecule has 8 heteroatoms. The molecule has 5 rings (SSSR count). The van der Waals surface area contributed by atoms with Crippen LogP contribution in [0.1, 0.15) is 16.8 Å². The van der Waals surface area contributed by atoms with Crippen molar-refractivity contribution in [3.63, 3.8) is 0 Å². The Balaban J connectivity index is 1.29. The van der Waals surface area contributed by atoms with Crippen LogP contribution in [-0.2, 0) is 6.42 Å². The first-order chi connectivity index (χ1) is 15.1. The molecule has 0 bridgehead atoms. The summed E-state index contributed by atoms with van der Waals surface area (Å²) in [4.78, 5) is 11.8. The van der Waals surface area contributed by atoms with Gasteiger partial charge in [0.05, 0.1) is 17.2 Å². The molecule has 7 nitrogen and oxygen atoms in total. The lowest BCUT2D eigenvalue weighted by Gasteiger charge is -2.09. The van der Waals surface area contributed by atoms with Crippen LogP contribution in [0.2, 0.25) is 0 Å². The fraction of sp³-hybridized carbons (Fsp3) is 0.174. The lowest BCUT2D eigenvalue weighted by atomic mass is 10.0. The predicted octanol–water partition coefficient (Wildman–Crippen LogP) is 4.99. The summed E-state index contributed by atoms with van der Waals surface area (Å²) in [7, 11) is 0. The van der Waals surface area contributed by atoms with Crippen LogP contribution in [0.25, 0.3) is 21.8 Å². The van der Waals surface area contributed by atoms with E-state index in [0.717, 1.165) is 51.0 Å². The predicted molar refractivity (Wildman–Crippen MR) is 121 cm³/mol. The average Bonchev–Trinajstić information content (AvgIpc) is 3.36. The number of aromatic nitrogens is 5. The van der Waals surface area contributed by atoms with Crippen LogP contribution in [0.4, 0.5) is 21.7 Å². The molecule has 0 aliphatic carbocycles. The summed E-state index contributed by atoms with van der Waals surface area (Å²) in [6.45, 7) is 4.66. The molecule has 0 saturated heterocycles. The maximum absolute atomic E-state index is 14.2. The van der Waals surface area contributed by atoms with Crippen molar-refractivity contribution in [3.8, 4) is 0 Å². The van der Waals surface area contributed by atoms with Crippen molar-refractivity contribution in [1.29, 1.82) is 0 Å².